The number of hydrogen-bond acceptors (Lipinski definition) is 0. The number of hydrogen-bond donors (Lipinski definition) is 0. The second-order valence-electron chi connectivity index (χ2n) is 1.51. The summed E-state index contributed by atoms with van der Waals surface area (Å²) in [6, 6.07) is 0. The first-order valence-corrected chi connectivity index (χ1v) is 2.84. The van der Waals surface area contributed by atoms with Gasteiger partial charge in [0.2, 0.25) is 0 Å². The minimum Gasteiger partial charge on any atom is -1.00 e. The van der Waals surface area contributed by atoms with Crippen molar-refractivity contribution in [3.63, 3.8) is 0 Å². The van der Waals surface area contributed by atoms with E-state index in [4.69, 9.17) is 0 Å². The van der Waals surface area contributed by atoms with Crippen LogP contribution in [0.3, 0.4) is 0 Å². The molecule has 0 heterocycles. The van der Waals surface area contributed by atoms with Crippen molar-refractivity contribution in [2.75, 3.05) is 0 Å². The number of halogens is 1. The monoisotopic (exact) mass is 170 g/mol. The van der Waals surface area contributed by atoms with Crippen LogP contribution in [-0.2, 0) is 0 Å². The molecule has 0 aromatic heterocycles. The van der Waals surface area contributed by atoms with E-state index in [1.165, 1.54) is 12.8 Å². The minimum absolute atomic E-state index is 0. The molecule has 1 rings (SSSR count). The molecule has 0 aromatic carbocycles. The van der Waals surface area contributed by atoms with Crippen LogP contribution in [0.25, 0.3) is 0 Å². The molecule has 2 heteroatoms. The first-order valence-electron chi connectivity index (χ1n) is 2.04. The third kappa shape index (κ3) is 3.39. The summed E-state index contributed by atoms with van der Waals surface area (Å²) in [5, 5.41) is 0. The second kappa shape index (κ2) is 3.77. The Morgan fingerprint density at radius 3 is 2.29 bits per heavy atom. The molecule has 0 nitrogen and oxygen atoms in total. The fourth-order valence-electron chi connectivity index (χ4n) is 0.305. The molecule has 0 aromatic rings. The first-order chi connectivity index (χ1) is 2.93. The summed E-state index contributed by atoms with van der Waals surface area (Å²) in [4.78, 5) is 2.69. The van der Waals surface area contributed by atoms with Gasteiger partial charge < -0.3 is 2.85 Å². The molecular weight excluding hydrogens is 164 g/mol. The van der Waals surface area contributed by atoms with E-state index in [0.29, 0.717) is 0 Å². The maximum absolute atomic E-state index is 3.03. The molecule has 0 aliphatic heterocycles. The molecule has 0 N–H and O–H groups in total. The van der Waals surface area contributed by atoms with Crippen LogP contribution in [0, 0.1) is 16.7 Å². The van der Waals surface area contributed by atoms with E-state index >= 15 is 0 Å². The summed E-state index contributed by atoms with van der Waals surface area (Å²) in [6.07, 6.45) is 2.64. The van der Waals surface area contributed by atoms with Gasteiger partial charge in [0, 0.05) is 21.8 Å². The fraction of sp³-hybridized carbons (Fsp3) is 0.600. The largest absolute Gasteiger partial charge is 2.00 e. The molecule has 0 amide bonds. The van der Waals surface area contributed by atoms with Crippen molar-refractivity contribution >= 4 is 39.0 Å². The Balaban J connectivity index is -0.000000120. The Morgan fingerprint density at radius 2 is 2.14 bits per heavy atom. The zero-order valence-corrected chi connectivity index (χ0v) is 7.08. The molecule has 0 unspecified atom stereocenters. The van der Waals surface area contributed by atoms with E-state index in [2.05, 4.69) is 26.7 Å². The van der Waals surface area contributed by atoms with E-state index in [-0.39, 0.29) is 25.9 Å². The third-order valence-corrected chi connectivity index (χ3v) is 1.06. The van der Waals surface area contributed by atoms with Crippen LogP contribution >= 0.6 is 15.9 Å². The van der Waals surface area contributed by atoms with Crippen molar-refractivity contribution in [1.82, 2.24) is 0 Å². The molecule has 0 spiro atoms. The van der Waals surface area contributed by atoms with Gasteiger partial charge in [-0.05, 0) is 17.7 Å². The van der Waals surface area contributed by atoms with Gasteiger partial charge in [-0.2, -0.15) is 0 Å². The van der Waals surface area contributed by atoms with Gasteiger partial charge in [0.25, 0.3) is 0 Å². The summed E-state index contributed by atoms with van der Waals surface area (Å²) < 4.78 is 0. The summed E-state index contributed by atoms with van der Waals surface area (Å²) in [7, 11) is 0. The van der Waals surface area contributed by atoms with Crippen LogP contribution in [0.5, 0.6) is 0 Å². The maximum Gasteiger partial charge on any atom is 2.00 e. The van der Waals surface area contributed by atoms with Crippen LogP contribution in [0.15, 0.2) is 0 Å². The van der Waals surface area contributed by atoms with Crippen molar-refractivity contribution < 1.29 is 2.85 Å². The third-order valence-electron chi connectivity index (χ3n) is 0.836. The second-order valence-corrected chi connectivity index (χ2v) is 1.91. The molecule has 0 radical (unpaired) electrons. The van der Waals surface area contributed by atoms with Gasteiger partial charge in [-0.1, -0.05) is 5.92 Å². The summed E-state index contributed by atoms with van der Waals surface area (Å²) in [5.41, 5.74) is 0. The maximum atomic E-state index is 3.03. The van der Waals surface area contributed by atoms with Gasteiger partial charge >= 0.3 is 23.1 Å². The van der Waals surface area contributed by atoms with Crippen molar-refractivity contribution in [1.29, 1.82) is 0 Å². The van der Waals surface area contributed by atoms with E-state index in [0.717, 1.165) is 5.92 Å². The molecule has 0 bridgehead atoms. The van der Waals surface area contributed by atoms with Gasteiger partial charge in [-0.25, -0.2) is 0 Å². The van der Waals surface area contributed by atoms with Crippen LogP contribution in [0.4, 0.5) is 0 Å². The normalized spacial score (nSPS) is 16.1. The average Bonchev–Trinajstić information content (AvgIpc) is 2.21. The van der Waals surface area contributed by atoms with E-state index in [9.17, 15) is 0 Å². The SMILES string of the molecule is BrC#CC1CC1.[H-].[H-].[Mg+2]. The topological polar surface area (TPSA) is 0 Å². The average molecular weight is 171 g/mol. The van der Waals surface area contributed by atoms with Crippen LogP contribution in [0.1, 0.15) is 15.7 Å². The van der Waals surface area contributed by atoms with Crippen molar-refractivity contribution in [3.8, 4) is 10.8 Å². The van der Waals surface area contributed by atoms with Crippen LogP contribution in [0.2, 0.25) is 0 Å². The first kappa shape index (κ1) is 7.81. The summed E-state index contributed by atoms with van der Waals surface area (Å²) >= 11 is 3.03. The molecule has 1 aliphatic carbocycles. The van der Waals surface area contributed by atoms with Gasteiger partial charge in [-0.15, -0.1) is 0 Å². The Labute approximate surface area is 71.3 Å². The van der Waals surface area contributed by atoms with E-state index in [1.54, 1.807) is 0 Å². The molecule has 1 aliphatic rings. The standard InChI is InChI=1S/C5H5Br.Mg.2H/c6-4-3-5-1-2-5;;;/h5H,1-2H2;;;/q;+2;2*-1. The zero-order chi connectivity index (χ0) is 4.41. The molecule has 0 saturated heterocycles. The summed E-state index contributed by atoms with van der Waals surface area (Å²) in [6.45, 7) is 0. The van der Waals surface area contributed by atoms with Crippen molar-refractivity contribution in [3.05, 3.63) is 0 Å². The predicted octanol–water partition coefficient (Wildman–Crippen LogP) is 1.60. The van der Waals surface area contributed by atoms with Gasteiger partial charge in [0.05, 0.1) is 0 Å². The van der Waals surface area contributed by atoms with Crippen molar-refractivity contribution in [2.24, 2.45) is 5.92 Å². The molecule has 1 saturated carbocycles. The fourth-order valence-corrected chi connectivity index (χ4v) is 0.629. The molecular formula is C5H7BrMg. The van der Waals surface area contributed by atoms with Gasteiger partial charge in [-0.3, -0.25) is 0 Å². The van der Waals surface area contributed by atoms with Gasteiger partial charge in [0.15, 0.2) is 0 Å². The van der Waals surface area contributed by atoms with E-state index in [1.807, 2.05) is 0 Å². The van der Waals surface area contributed by atoms with Crippen LogP contribution < -0.4 is 0 Å². The Kier molecular flexibility index (Phi) is 4.20. The molecule has 36 valence electrons. The quantitative estimate of drug-likeness (QED) is 0.383. The Hall–Kier alpha value is 0.806. The van der Waals surface area contributed by atoms with Crippen LogP contribution in [-0.4, -0.2) is 23.1 Å². The van der Waals surface area contributed by atoms with Gasteiger partial charge in [0.1, 0.15) is 0 Å². The Morgan fingerprint density at radius 1 is 1.57 bits per heavy atom. The molecule has 0 atom stereocenters. The zero-order valence-electron chi connectivity index (χ0n) is 6.08. The smallest absolute Gasteiger partial charge is 1.00 e. The molecule has 7 heavy (non-hydrogen) atoms. The Bertz CT molecular complexity index is 103. The van der Waals surface area contributed by atoms with Crippen molar-refractivity contribution in [2.45, 2.75) is 12.8 Å². The van der Waals surface area contributed by atoms with E-state index < -0.39 is 0 Å². The number of rotatable bonds is 0. The summed E-state index contributed by atoms with van der Waals surface area (Å²) in [5.74, 6) is 3.73. The molecule has 1 fully saturated rings. The predicted molar refractivity (Wildman–Crippen MR) is 37.4 cm³/mol. The minimum atomic E-state index is 0.